The molecule has 3 rings (SSSR count). The zero-order valence-corrected chi connectivity index (χ0v) is 12.5. The minimum absolute atomic E-state index is 0.263. The molecule has 0 spiro atoms. The highest BCUT2D eigenvalue weighted by Crippen LogP contribution is 2.21. The first-order valence-electron chi connectivity index (χ1n) is 6.87. The molecule has 0 bridgehead atoms. The summed E-state index contributed by atoms with van der Waals surface area (Å²) in [6.07, 6.45) is 6.93. The van der Waals surface area contributed by atoms with Crippen LogP contribution in [0.15, 0.2) is 36.8 Å². The molecule has 5 heteroatoms. The molecule has 3 heterocycles. The lowest BCUT2D eigenvalue weighted by Gasteiger charge is -2.10. The normalized spacial score (nSPS) is 12.9. The largest absolute Gasteiger partial charge is 0.304 e. The van der Waals surface area contributed by atoms with E-state index in [0.717, 1.165) is 23.5 Å². The van der Waals surface area contributed by atoms with Gasteiger partial charge in [-0.25, -0.2) is 9.50 Å². The summed E-state index contributed by atoms with van der Waals surface area (Å²) < 4.78 is 1.90. The highest BCUT2D eigenvalue weighted by molar-refractivity contribution is 7.11. The maximum Gasteiger partial charge on any atom is 0.109 e. The van der Waals surface area contributed by atoms with Crippen LogP contribution in [0.4, 0.5) is 0 Å². The van der Waals surface area contributed by atoms with Crippen molar-refractivity contribution >= 4 is 16.9 Å². The molecular weight excluding hydrogens is 268 g/mol. The van der Waals surface area contributed by atoms with E-state index in [0.29, 0.717) is 0 Å². The van der Waals surface area contributed by atoms with Crippen molar-refractivity contribution in [2.45, 2.75) is 32.9 Å². The number of pyridine rings is 1. The van der Waals surface area contributed by atoms with Gasteiger partial charge in [0.15, 0.2) is 0 Å². The van der Waals surface area contributed by atoms with Crippen LogP contribution in [0.2, 0.25) is 0 Å². The summed E-state index contributed by atoms with van der Waals surface area (Å²) in [7, 11) is 0. The minimum atomic E-state index is 0.263. The van der Waals surface area contributed by atoms with Gasteiger partial charge in [-0.1, -0.05) is 13.0 Å². The van der Waals surface area contributed by atoms with Gasteiger partial charge in [-0.15, -0.1) is 11.3 Å². The van der Waals surface area contributed by atoms with E-state index in [4.69, 9.17) is 0 Å². The molecule has 0 aliphatic heterocycles. The molecule has 3 aromatic heterocycles. The Kier molecular flexibility index (Phi) is 3.80. The molecule has 1 atom stereocenters. The van der Waals surface area contributed by atoms with Gasteiger partial charge in [0.25, 0.3) is 0 Å². The van der Waals surface area contributed by atoms with Gasteiger partial charge in [0, 0.05) is 29.4 Å². The number of hydrogen-bond acceptors (Lipinski definition) is 4. The lowest BCUT2D eigenvalue weighted by Crippen LogP contribution is -2.17. The number of thiazole rings is 1. The molecule has 0 radical (unpaired) electrons. The lowest BCUT2D eigenvalue weighted by atomic mass is 10.2. The summed E-state index contributed by atoms with van der Waals surface area (Å²) in [6.45, 7) is 5.12. The minimum Gasteiger partial charge on any atom is -0.304 e. The first-order chi connectivity index (χ1) is 9.78. The second-order valence-electron chi connectivity index (χ2n) is 4.82. The van der Waals surface area contributed by atoms with Crippen LogP contribution in [-0.4, -0.2) is 14.6 Å². The van der Waals surface area contributed by atoms with Gasteiger partial charge in [0.2, 0.25) is 0 Å². The maximum absolute atomic E-state index is 4.48. The third-order valence-electron chi connectivity index (χ3n) is 3.40. The molecule has 0 saturated heterocycles. The lowest BCUT2D eigenvalue weighted by molar-refractivity contribution is 0.573. The molecule has 0 amide bonds. The van der Waals surface area contributed by atoms with Crippen molar-refractivity contribution in [1.29, 1.82) is 0 Å². The van der Waals surface area contributed by atoms with Gasteiger partial charge < -0.3 is 5.32 Å². The second-order valence-corrected chi connectivity index (χ2v) is 5.97. The molecule has 0 aliphatic rings. The number of nitrogens with one attached hydrogen (secondary N) is 1. The molecule has 0 aromatic carbocycles. The number of hydrogen-bond donors (Lipinski definition) is 1. The van der Waals surface area contributed by atoms with Crippen molar-refractivity contribution in [3.05, 3.63) is 52.2 Å². The van der Waals surface area contributed by atoms with Crippen molar-refractivity contribution in [3.8, 4) is 0 Å². The molecular formula is C15H18N4S. The van der Waals surface area contributed by atoms with Crippen molar-refractivity contribution < 1.29 is 0 Å². The predicted octanol–water partition coefficient (Wildman–Crippen LogP) is 3.20. The summed E-state index contributed by atoms with van der Waals surface area (Å²) in [5.74, 6) is 0. The van der Waals surface area contributed by atoms with Crippen LogP contribution in [-0.2, 0) is 13.0 Å². The van der Waals surface area contributed by atoms with Crippen molar-refractivity contribution in [2.24, 2.45) is 0 Å². The fourth-order valence-corrected chi connectivity index (χ4v) is 3.04. The molecule has 0 aliphatic carbocycles. The summed E-state index contributed by atoms with van der Waals surface area (Å²) in [4.78, 5) is 5.82. The van der Waals surface area contributed by atoms with Gasteiger partial charge >= 0.3 is 0 Å². The van der Waals surface area contributed by atoms with E-state index in [-0.39, 0.29) is 6.04 Å². The third-order valence-corrected chi connectivity index (χ3v) is 4.72. The Morgan fingerprint density at radius 2 is 2.25 bits per heavy atom. The Morgan fingerprint density at radius 1 is 1.35 bits per heavy atom. The number of aromatic nitrogens is 3. The van der Waals surface area contributed by atoms with E-state index in [1.54, 1.807) is 11.3 Å². The Morgan fingerprint density at radius 3 is 3.05 bits per heavy atom. The van der Waals surface area contributed by atoms with Crippen molar-refractivity contribution in [3.63, 3.8) is 0 Å². The Hall–Kier alpha value is -1.72. The standard InChI is InChI=1S/C15H18N4S/c1-3-13-10-17-15(20-13)11(2)16-8-12-9-18-19-7-5-4-6-14(12)19/h4-7,9-11,16H,3,8H2,1-2H3. The van der Waals surface area contributed by atoms with Crippen LogP contribution in [0.25, 0.3) is 5.52 Å². The quantitative estimate of drug-likeness (QED) is 0.783. The zero-order chi connectivity index (χ0) is 13.9. The Balaban J connectivity index is 1.69. The highest BCUT2D eigenvalue weighted by Gasteiger charge is 2.11. The first-order valence-corrected chi connectivity index (χ1v) is 7.69. The van der Waals surface area contributed by atoms with E-state index in [2.05, 4.69) is 35.3 Å². The van der Waals surface area contributed by atoms with Gasteiger partial charge in [0.1, 0.15) is 5.01 Å². The third kappa shape index (κ3) is 2.59. The molecule has 104 valence electrons. The highest BCUT2D eigenvalue weighted by atomic mass is 32.1. The molecule has 1 unspecified atom stereocenters. The summed E-state index contributed by atoms with van der Waals surface area (Å²) in [5, 5.41) is 9.03. The fourth-order valence-electron chi connectivity index (χ4n) is 2.16. The van der Waals surface area contributed by atoms with Crippen LogP contribution in [0.5, 0.6) is 0 Å². The average molecular weight is 286 g/mol. The Bertz CT molecular complexity index is 701. The number of nitrogens with zero attached hydrogens (tertiary/aromatic N) is 3. The number of aryl methyl sites for hydroxylation is 1. The Labute approximate surface area is 122 Å². The molecule has 1 N–H and O–H groups in total. The number of rotatable bonds is 5. The van der Waals surface area contributed by atoms with Crippen LogP contribution < -0.4 is 5.32 Å². The van der Waals surface area contributed by atoms with E-state index >= 15 is 0 Å². The van der Waals surface area contributed by atoms with E-state index < -0.39 is 0 Å². The van der Waals surface area contributed by atoms with Crippen LogP contribution in [0, 0.1) is 0 Å². The SMILES string of the molecule is CCc1cnc(C(C)NCc2cnn3ccccc23)s1. The second kappa shape index (κ2) is 5.73. The maximum atomic E-state index is 4.48. The monoisotopic (exact) mass is 286 g/mol. The summed E-state index contributed by atoms with van der Waals surface area (Å²) in [5.41, 5.74) is 2.37. The topological polar surface area (TPSA) is 42.2 Å². The molecule has 4 nitrogen and oxygen atoms in total. The molecule has 3 aromatic rings. The molecule has 0 saturated carbocycles. The van der Waals surface area contributed by atoms with E-state index in [1.807, 2.05) is 35.2 Å². The zero-order valence-electron chi connectivity index (χ0n) is 11.7. The van der Waals surface area contributed by atoms with Crippen LogP contribution >= 0.6 is 11.3 Å². The van der Waals surface area contributed by atoms with Gasteiger partial charge in [-0.2, -0.15) is 5.10 Å². The number of fused-ring (bicyclic) bond motifs is 1. The van der Waals surface area contributed by atoms with E-state index in [9.17, 15) is 0 Å². The first kappa shape index (κ1) is 13.3. The predicted molar refractivity (Wildman–Crippen MR) is 81.9 cm³/mol. The van der Waals surface area contributed by atoms with Crippen LogP contribution in [0.1, 0.15) is 35.3 Å². The van der Waals surface area contributed by atoms with Crippen molar-refractivity contribution in [1.82, 2.24) is 19.9 Å². The van der Waals surface area contributed by atoms with Crippen LogP contribution in [0.3, 0.4) is 0 Å². The molecule has 0 fully saturated rings. The van der Waals surface area contributed by atoms with E-state index in [1.165, 1.54) is 10.4 Å². The summed E-state index contributed by atoms with van der Waals surface area (Å²) >= 11 is 1.79. The van der Waals surface area contributed by atoms with Crippen molar-refractivity contribution in [2.75, 3.05) is 0 Å². The fraction of sp³-hybridized carbons (Fsp3) is 0.333. The van der Waals surface area contributed by atoms with Gasteiger partial charge in [-0.05, 0) is 25.5 Å². The summed E-state index contributed by atoms with van der Waals surface area (Å²) in [6, 6.07) is 6.38. The average Bonchev–Trinajstić information content (AvgIpc) is 3.11. The smallest absolute Gasteiger partial charge is 0.109 e. The van der Waals surface area contributed by atoms with Gasteiger partial charge in [0.05, 0.1) is 17.8 Å². The molecule has 20 heavy (non-hydrogen) atoms. The van der Waals surface area contributed by atoms with Gasteiger partial charge in [-0.3, -0.25) is 0 Å².